The number of hydrogen-bond acceptors (Lipinski definition) is 4. The molecule has 0 bridgehead atoms. The minimum atomic E-state index is -4.56. The largest absolute Gasteiger partial charge is 0.406 e. The van der Waals surface area contributed by atoms with E-state index in [0.29, 0.717) is 10.1 Å². The Morgan fingerprint density at radius 1 is 1.34 bits per heavy atom. The molecule has 0 unspecified atom stereocenters. The van der Waals surface area contributed by atoms with Crippen LogP contribution in [0.2, 0.25) is 5.02 Å². The van der Waals surface area contributed by atoms with Crippen LogP contribution < -0.4 is 10.6 Å². The number of halogens is 6. The van der Waals surface area contributed by atoms with Crippen molar-refractivity contribution in [2.75, 3.05) is 5.32 Å². The molecule has 1 saturated carbocycles. The maximum atomic E-state index is 14.0. The van der Waals surface area contributed by atoms with Crippen LogP contribution in [0, 0.1) is 11.3 Å². The van der Waals surface area contributed by atoms with Crippen LogP contribution in [-0.4, -0.2) is 50.4 Å². The molecule has 206 valence electrons. The van der Waals surface area contributed by atoms with E-state index < -0.39 is 48.0 Å². The third kappa shape index (κ3) is 5.47. The van der Waals surface area contributed by atoms with Gasteiger partial charge in [-0.2, -0.15) is 13.2 Å². The van der Waals surface area contributed by atoms with E-state index in [1.165, 1.54) is 17.9 Å². The smallest absolute Gasteiger partial charge is 0.346 e. The van der Waals surface area contributed by atoms with Crippen molar-refractivity contribution in [3.8, 4) is 0 Å². The molecule has 2 heterocycles. The standard InChI is InChI=1S/C24H26ClF5N6O2/c1-13-8-14(6-7-23(13,26)27)36-18(37)9-22(2,34-21(36)31)15-4-3-5-16(19(15)25)33-20(38)17-10-32-12-35(17)11-24(28,29)30/h3-5,10,12-14H,6-9,11H2,1-2H3,(H2,31,34)(H,33,38)/t13-,14-,22+/m1/s1. The number of guanidine groups is 1. The van der Waals surface area contributed by atoms with Crippen molar-refractivity contribution in [2.45, 2.75) is 69.8 Å². The average molecular weight is 561 g/mol. The molecule has 1 aromatic heterocycles. The highest BCUT2D eigenvalue weighted by atomic mass is 35.5. The van der Waals surface area contributed by atoms with Crippen molar-refractivity contribution >= 4 is 35.1 Å². The summed E-state index contributed by atoms with van der Waals surface area (Å²) in [6, 6.07) is 4.05. The Bertz CT molecular complexity index is 1250. The molecule has 1 saturated heterocycles. The van der Waals surface area contributed by atoms with E-state index in [1.54, 1.807) is 19.1 Å². The SMILES string of the molecule is C[C@@H]1C[C@H](N2C(=N)N[C@](C)(c3cccc(NC(=O)c4cncn4CC(F)(F)F)c3Cl)CC2=O)CCC1(F)F. The van der Waals surface area contributed by atoms with Crippen LogP contribution in [0.15, 0.2) is 30.7 Å². The fourth-order valence-electron chi connectivity index (χ4n) is 5.04. The van der Waals surface area contributed by atoms with E-state index in [1.807, 2.05) is 0 Å². The van der Waals surface area contributed by atoms with Gasteiger partial charge in [-0.1, -0.05) is 30.7 Å². The van der Waals surface area contributed by atoms with Gasteiger partial charge >= 0.3 is 6.18 Å². The van der Waals surface area contributed by atoms with Crippen molar-refractivity contribution in [3.05, 3.63) is 47.0 Å². The second-order valence-electron chi connectivity index (χ2n) is 9.98. The number of nitrogens with zero attached hydrogens (tertiary/aromatic N) is 3. The number of hydrogen-bond donors (Lipinski definition) is 3. The number of alkyl halides is 5. The van der Waals surface area contributed by atoms with Crippen LogP contribution in [0.25, 0.3) is 0 Å². The van der Waals surface area contributed by atoms with Gasteiger partial charge in [0.2, 0.25) is 5.91 Å². The van der Waals surface area contributed by atoms with Gasteiger partial charge in [0.05, 0.1) is 35.2 Å². The molecule has 3 atom stereocenters. The number of nitrogens with one attached hydrogen (secondary N) is 3. The Labute approximate surface area is 220 Å². The Morgan fingerprint density at radius 3 is 2.68 bits per heavy atom. The zero-order valence-electron chi connectivity index (χ0n) is 20.5. The van der Waals surface area contributed by atoms with Crippen molar-refractivity contribution in [1.82, 2.24) is 19.8 Å². The number of amides is 2. The lowest BCUT2D eigenvalue weighted by Crippen LogP contribution is -2.63. The first-order valence-electron chi connectivity index (χ1n) is 11.8. The molecule has 1 aliphatic carbocycles. The molecule has 0 spiro atoms. The van der Waals surface area contributed by atoms with Gasteiger partial charge in [-0.15, -0.1) is 0 Å². The van der Waals surface area contributed by atoms with Gasteiger partial charge in [0, 0.05) is 18.4 Å². The third-order valence-electron chi connectivity index (χ3n) is 7.07. The van der Waals surface area contributed by atoms with Crippen LogP contribution in [0.1, 0.15) is 55.6 Å². The van der Waals surface area contributed by atoms with Crippen molar-refractivity contribution in [1.29, 1.82) is 5.41 Å². The fourth-order valence-corrected chi connectivity index (χ4v) is 5.42. The maximum Gasteiger partial charge on any atom is 0.406 e. The number of anilines is 1. The first kappa shape index (κ1) is 27.8. The zero-order valence-corrected chi connectivity index (χ0v) is 21.3. The van der Waals surface area contributed by atoms with Crippen molar-refractivity contribution < 1.29 is 31.5 Å². The molecule has 2 fully saturated rings. The molecular weight excluding hydrogens is 535 g/mol. The number of imidazole rings is 1. The minimum absolute atomic E-state index is 0.0257. The van der Waals surface area contributed by atoms with Crippen LogP contribution in [0.3, 0.4) is 0 Å². The number of rotatable bonds is 5. The van der Waals surface area contributed by atoms with Gasteiger partial charge in [-0.25, -0.2) is 13.8 Å². The minimum Gasteiger partial charge on any atom is -0.346 e. The highest BCUT2D eigenvalue weighted by Crippen LogP contribution is 2.42. The lowest BCUT2D eigenvalue weighted by Gasteiger charge is -2.46. The molecule has 2 aromatic rings. The quantitative estimate of drug-likeness (QED) is 0.440. The predicted octanol–water partition coefficient (Wildman–Crippen LogP) is 5.15. The first-order valence-corrected chi connectivity index (χ1v) is 12.2. The summed E-state index contributed by atoms with van der Waals surface area (Å²) in [5, 5.41) is 14.0. The van der Waals surface area contributed by atoms with E-state index in [2.05, 4.69) is 15.6 Å². The molecule has 3 N–H and O–H groups in total. The number of carbonyl (C=O) groups excluding carboxylic acids is 2. The van der Waals surface area contributed by atoms with E-state index in [9.17, 15) is 31.5 Å². The van der Waals surface area contributed by atoms with Gasteiger partial charge in [-0.05, 0) is 31.4 Å². The number of aromatic nitrogens is 2. The Morgan fingerprint density at radius 2 is 2.05 bits per heavy atom. The molecule has 4 rings (SSSR count). The summed E-state index contributed by atoms with van der Waals surface area (Å²) in [5.41, 5.74) is -1.06. The van der Waals surface area contributed by atoms with Crippen LogP contribution in [0.4, 0.5) is 27.6 Å². The first-order chi connectivity index (χ1) is 17.6. The molecule has 0 radical (unpaired) electrons. The summed E-state index contributed by atoms with van der Waals surface area (Å²) in [5.74, 6) is -5.29. The lowest BCUT2D eigenvalue weighted by molar-refractivity contribution is -0.140. The Hall–Kier alpha value is -3.22. The highest BCUT2D eigenvalue weighted by Gasteiger charge is 2.48. The van der Waals surface area contributed by atoms with Crippen LogP contribution in [0.5, 0.6) is 0 Å². The molecular formula is C24H26ClF5N6O2. The second kappa shape index (κ2) is 9.83. The molecule has 1 aliphatic heterocycles. The molecule has 38 heavy (non-hydrogen) atoms. The van der Waals surface area contributed by atoms with Gasteiger partial charge in [0.1, 0.15) is 12.2 Å². The molecule has 2 aliphatic rings. The van der Waals surface area contributed by atoms with E-state index in [-0.39, 0.29) is 48.0 Å². The van der Waals surface area contributed by atoms with E-state index in [0.717, 1.165) is 12.5 Å². The van der Waals surface area contributed by atoms with Crippen molar-refractivity contribution in [2.24, 2.45) is 5.92 Å². The summed E-state index contributed by atoms with van der Waals surface area (Å²) >= 11 is 6.58. The Kier molecular flexibility index (Phi) is 7.19. The lowest BCUT2D eigenvalue weighted by atomic mass is 9.81. The Balaban J connectivity index is 1.53. The summed E-state index contributed by atoms with van der Waals surface area (Å²) in [4.78, 5) is 30.8. The van der Waals surface area contributed by atoms with Crippen LogP contribution in [-0.2, 0) is 16.9 Å². The summed E-state index contributed by atoms with van der Waals surface area (Å²) in [7, 11) is 0. The highest BCUT2D eigenvalue weighted by molar-refractivity contribution is 6.35. The third-order valence-corrected chi connectivity index (χ3v) is 7.47. The van der Waals surface area contributed by atoms with Gasteiger partial charge < -0.3 is 15.2 Å². The second-order valence-corrected chi connectivity index (χ2v) is 10.4. The van der Waals surface area contributed by atoms with E-state index in [4.69, 9.17) is 17.0 Å². The monoisotopic (exact) mass is 560 g/mol. The van der Waals surface area contributed by atoms with Gasteiger partial charge in [0.15, 0.2) is 5.96 Å². The number of carbonyl (C=O) groups is 2. The molecule has 8 nitrogen and oxygen atoms in total. The summed E-state index contributed by atoms with van der Waals surface area (Å²) in [6.45, 7) is 1.67. The normalized spacial score (nSPS) is 25.7. The summed E-state index contributed by atoms with van der Waals surface area (Å²) < 4.78 is 67.1. The predicted molar refractivity (Wildman–Crippen MR) is 129 cm³/mol. The summed E-state index contributed by atoms with van der Waals surface area (Å²) in [6.07, 6.45) is -3.06. The maximum absolute atomic E-state index is 14.0. The topological polar surface area (TPSA) is 103 Å². The zero-order chi connectivity index (χ0) is 28.0. The molecule has 1 aromatic carbocycles. The van der Waals surface area contributed by atoms with Gasteiger partial charge in [0.25, 0.3) is 11.8 Å². The number of benzene rings is 1. The van der Waals surface area contributed by atoms with E-state index >= 15 is 0 Å². The van der Waals surface area contributed by atoms with Gasteiger partial charge in [-0.3, -0.25) is 19.9 Å². The fraction of sp³-hybridized carbons (Fsp3) is 0.500. The average Bonchev–Trinajstić information content (AvgIpc) is 3.23. The van der Waals surface area contributed by atoms with Crippen LogP contribution >= 0.6 is 11.6 Å². The molecule has 14 heteroatoms. The van der Waals surface area contributed by atoms with Crippen molar-refractivity contribution in [3.63, 3.8) is 0 Å². The molecule has 2 amide bonds.